The molecule has 0 bridgehead atoms. The number of nitrogens with one attached hydrogen (secondary N) is 1. The van der Waals surface area contributed by atoms with Gasteiger partial charge in [0.05, 0.1) is 6.21 Å². The molecule has 3 nitrogen and oxygen atoms in total. The van der Waals surface area contributed by atoms with Gasteiger partial charge in [-0.3, -0.25) is 0 Å². The first kappa shape index (κ1) is 6.91. The van der Waals surface area contributed by atoms with Gasteiger partial charge in [0.25, 0.3) is 0 Å². The van der Waals surface area contributed by atoms with Crippen LogP contribution in [-0.2, 0) is 0 Å². The summed E-state index contributed by atoms with van der Waals surface area (Å²) in [6, 6.07) is 8.03. The van der Waals surface area contributed by atoms with E-state index in [0.717, 1.165) is 16.5 Å². The molecule has 0 atom stereocenters. The van der Waals surface area contributed by atoms with Crippen LogP contribution < -0.4 is 5.84 Å². The maximum Gasteiger partial charge on any atom is 0.0559 e. The molecule has 1 aromatic heterocycles. The van der Waals surface area contributed by atoms with Gasteiger partial charge in [0.2, 0.25) is 0 Å². The van der Waals surface area contributed by atoms with Crippen molar-refractivity contribution in [2.24, 2.45) is 10.9 Å². The van der Waals surface area contributed by atoms with E-state index in [-0.39, 0.29) is 0 Å². The van der Waals surface area contributed by atoms with Crippen LogP contribution in [0.15, 0.2) is 35.6 Å². The number of nitrogens with zero attached hydrogens (tertiary/aromatic N) is 1. The lowest BCUT2D eigenvalue weighted by atomic mass is 10.2. The van der Waals surface area contributed by atoms with Gasteiger partial charge in [-0.25, -0.2) is 0 Å². The lowest BCUT2D eigenvalue weighted by Gasteiger charge is -1.88. The molecule has 0 aliphatic heterocycles. The maximum atomic E-state index is 5.07. The van der Waals surface area contributed by atoms with E-state index in [1.54, 1.807) is 6.21 Å². The maximum absolute atomic E-state index is 5.07. The minimum atomic E-state index is 1.02. The highest BCUT2D eigenvalue weighted by Gasteiger charge is 1.98. The van der Waals surface area contributed by atoms with Gasteiger partial charge in [0.1, 0.15) is 0 Å². The van der Waals surface area contributed by atoms with E-state index in [1.807, 2.05) is 30.5 Å². The SMILES string of the molecule is N/N=C\c1c[nH]c2ccccc12. The third kappa shape index (κ3) is 0.955. The van der Waals surface area contributed by atoms with Crippen LogP contribution in [0, 0.1) is 0 Å². The van der Waals surface area contributed by atoms with Crippen LogP contribution >= 0.6 is 0 Å². The first-order valence-corrected chi connectivity index (χ1v) is 3.71. The largest absolute Gasteiger partial charge is 0.361 e. The average molecular weight is 159 g/mol. The van der Waals surface area contributed by atoms with Crippen molar-refractivity contribution in [1.82, 2.24) is 4.98 Å². The van der Waals surface area contributed by atoms with Gasteiger partial charge in [0, 0.05) is 22.7 Å². The summed E-state index contributed by atoms with van der Waals surface area (Å²) < 4.78 is 0. The van der Waals surface area contributed by atoms with E-state index < -0.39 is 0 Å². The van der Waals surface area contributed by atoms with E-state index in [0.29, 0.717) is 0 Å². The zero-order chi connectivity index (χ0) is 8.39. The second-order valence-electron chi connectivity index (χ2n) is 2.57. The van der Waals surface area contributed by atoms with E-state index in [1.165, 1.54) is 0 Å². The number of aromatic amines is 1. The number of fused-ring (bicyclic) bond motifs is 1. The Bertz CT molecular complexity index is 414. The molecule has 0 radical (unpaired) electrons. The van der Waals surface area contributed by atoms with Crippen molar-refractivity contribution in [1.29, 1.82) is 0 Å². The Morgan fingerprint density at radius 3 is 3.00 bits per heavy atom. The number of hydrogen-bond donors (Lipinski definition) is 2. The van der Waals surface area contributed by atoms with Gasteiger partial charge in [-0.1, -0.05) is 18.2 Å². The van der Waals surface area contributed by atoms with Crippen molar-refractivity contribution in [2.45, 2.75) is 0 Å². The number of para-hydroxylation sites is 1. The summed E-state index contributed by atoms with van der Waals surface area (Å²) in [4.78, 5) is 3.13. The number of H-pyrrole nitrogens is 1. The van der Waals surface area contributed by atoms with E-state index in [2.05, 4.69) is 10.1 Å². The Kier molecular flexibility index (Phi) is 1.55. The number of benzene rings is 1. The Morgan fingerprint density at radius 2 is 2.17 bits per heavy atom. The molecule has 1 aromatic carbocycles. The molecule has 0 amide bonds. The summed E-state index contributed by atoms with van der Waals surface area (Å²) in [5, 5.41) is 4.63. The summed E-state index contributed by atoms with van der Waals surface area (Å²) in [6.45, 7) is 0. The van der Waals surface area contributed by atoms with E-state index >= 15 is 0 Å². The fourth-order valence-corrected chi connectivity index (χ4v) is 1.28. The minimum absolute atomic E-state index is 1.02. The smallest absolute Gasteiger partial charge is 0.0559 e. The Balaban J connectivity index is 2.70. The number of nitrogens with two attached hydrogens (primary N) is 1. The second kappa shape index (κ2) is 2.70. The van der Waals surface area contributed by atoms with Gasteiger partial charge in [-0.2, -0.15) is 5.10 Å². The molecule has 0 spiro atoms. The van der Waals surface area contributed by atoms with Crippen LogP contribution in [0.3, 0.4) is 0 Å². The van der Waals surface area contributed by atoms with Crippen molar-refractivity contribution in [3.63, 3.8) is 0 Å². The van der Waals surface area contributed by atoms with Crippen molar-refractivity contribution >= 4 is 17.1 Å². The van der Waals surface area contributed by atoms with Crippen molar-refractivity contribution in [3.8, 4) is 0 Å². The molecule has 0 aliphatic rings. The molecule has 0 saturated carbocycles. The van der Waals surface area contributed by atoms with E-state index in [9.17, 15) is 0 Å². The molecule has 2 rings (SSSR count). The molecule has 1 heterocycles. The third-order valence-electron chi connectivity index (χ3n) is 1.83. The van der Waals surface area contributed by atoms with Crippen molar-refractivity contribution in [2.75, 3.05) is 0 Å². The fourth-order valence-electron chi connectivity index (χ4n) is 1.28. The summed E-state index contributed by atoms with van der Waals surface area (Å²) >= 11 is 0. The first-order chi connectivity index (χ1) is 5.92. The molecule has 0 aliphatic carbocycles. The summed E-state index contributed by atoms with van der Waals surface area (Å²) in [5.41, 5.74) is 2.13. The fraction of sp³-hybridized carbons (Fsp3) is 0. The highest BCUT2D eigenvalue weighted by Crippen LogP contribution is 2.15. The van der Waals surface area contributed by atoms with Gasteiger partial charge < -0.3 is 10.8 Å². The molecule has 0 unspecified atom stereocenters. The third-order valence-corrected chi connectivity index (χ3v) is 1.83. The summed E-state index contributed by atoms with van der Waals surface area (Å²) in [6.07, 6.45) is 3.53. The van der Waals surface area contributed by atoms with E-state index in [4.69, 9.17) is 5.84 Å². The second-order valence-corrected chi connectivity index (χ2v) is 2.57. The highest BCUT2D eigenvalue weighted by molar-refractivity contribution is 5.98. The molecule has 3 heteroatoms. The average Bonchev–Trinajstić information content (AvgIpc) is 2.50. The van der Waals surface area contributed by atoms with Crippen LogP contribution in [-0.4, -0.2) is 11.2 Å². The molecule has 12 heavy (non-hydrogen) atoms. The summed E-state index contributed by atoms with van der Waals surface area (Å²) in [7, 11) is 0. The number of rotatable bonds is 1. The molecular formula is C9H9N3. The molecule has 3 N–H and O–H groups in total. The predicted molar refractivity (Wildman–Crippen MR) is 50.1 cm³/mol. The van der Waals surface area contributed by atoms with Crippen LogP contribution in [0.5, 0.6) is 0 Å². The van der Waals surface area contributed by atoms with Crippen LogP contribution in [0.4, 0.5) is 0 Å². The van der Waals surface area contributed by atoms with Crippen LogP contribution in [0.2, 0.25) is 0 Å². The predicted octanol–water partition coefficient (Wildman–Crippen LogP) is 1.46. The molecule has 0 fully saturated rings. The van der Waals surface area contributed by atoms with Crippen molar-refractivity contribution in [3.05, 3.63) is 36.0 Å². The monoisotopic (exact) mass is 159 g/mol. The molecule has 60 valence electrons. The lowest BCUT2D eigenvalue weighted by molar-refractivity contribution is 1.26. The Morgan fingerprint density at radius 1 is 1.33 bits per heavy atom. The normalized spacial score (nSPS) is 11.3. The number of hydrazone groups is 1. The molecular weight excluding hydrogens is 150 g/mol. The minimum Gasteiger partial charge on any atom is -0.361 e. The highest BCUT2D eigenvalue weighted by atomic mass is 15.1. The standard InChI is InChI=1S/C9H9N3/c10-12-6-7-5-11-9-4-2-1-3-8(7)9/h1-6,11H,10H2/b12-6-. The Hall–Kier alpha value is -1.77. The van der Waals surface area contributed by atoms with Gasteiger partial charge >= 0.3 is 0 Å². The van der Waals surface area contributed by atoms with Crippen LogP contribution in [0.25, 0.3) is 10.9 Å². The number of hydrogen-bond acceptors (Lipinski definition) is 2. The number of aromatic nitrogens is 1. The molecule has 0 saturated heterocycles. The zero-order valence-corrected chi connectivity index (χ0v) is 6.49. The zero-order valence-electron chi connectivity index (χ0n) is 6.49. The Labute approximate surface area is 69.9 Å². The quantitative estimate of drug-likeness (QED) is 0.369. The van der Waals surface area contributed by atoms with Gasteiger partial charge in [0.15, 0.2) is 0 Å². The topological polar surface area (TPSA) is 54.2 Å². The van der Waals surface area contributed by atoms with Gasteiger partial charge in [-0.05, 0) is 6.07 Å². The van der Waals surface area contributed by atoms with Gasteiger partial charge in [-0.15, -0.1) is 0 Å². The summed E-state index contributed by atoms with van der Waals surface area (Å²) in [5.74, 6) is 5.07. The van der Waals surface area contributed by atoms with Crippen LogP contribution in [0.1, 0.15) is 5.56 Å². The molecule has 2 aromatic rings. The van der Waals surface area contributed by atoms with Crippen molar-refractivity contribution < 1.29 is 0 Å². The lowest BCUT2D eigenvalue weighted by Crippen LogP contribution is -1.83. The first-order valence-electron chi connectivity index (χ1n) is 3.71.